The molecule has 1 aromatic rings. The van der Waals surface area contributed by atoms with Crippen LogP contribution in [0.1, 0.15) is 27.9 Å². The Hall–Kier alpha value is -1.51. The average Bonchev–Trinajstić information content (AvgIpc) is 2.50. The fraction of sp³-hybridized carbons (Fsp3) is 0.300. The van der Waals surface area contributed by atoms with Gasteiger partial charge in [-0.1, -0.05) is 6.07 Å². The van der Waals surface area contributed by atoms with Crippen molar-refractivity contribution < 1.29 is 15.0 Å². The van der Waals surface area contributed by atoms with E-state index in [4.69, 9.17) is 5.11 Å². The molecule has 13 heavy (non-hydrogen) atoms. The lowest BCUT2D eigenvalue weighted by Gasteiger charge is -2.05. The largest absolute Gasteiger partial charge is 0.507 e. The van der Waals surface area contributed by atoms with Crippen LogP contribution in [0.25, 0.3) is 0 Å². The van der Waals surface area contributed by atoms with Gasteiger partial charge in [-0.3, -0.25) is 0 Å². The van der Waals surface area contributed by atoms with Gasteiger partial charge in [-0.2, -0.15) is 0 Å². The van der Waals surface area contributed by atoms with Crippen LogP contribution in [-0.2, 0) is 12.8 Å². The maximum atomic E-state index is 10.8. The summed E-state index contributed by atoms with van der Waals surface area (Å²) in [5.41, 5.74) is 1.97. The standard InChI is InChI=1S/C10H10O3/c11-8-5-4-6-2-1-3-7(6)9(8)10(12)13/h4-5,11H,1-3H2,(H,12,13). The molecule has 2 N–H and O–H groups in total. The Morgan fingerprint density at radius 2 is 2.08 bits per heavy atom. The van der Waals surface area contributed by atoms with Gasteiger partial charge in [0.05, 0.1) is 0 Å². The van der Waals surface area contributed by atoms with Crippen molar-refractivity contribution in [1.82, 2.24) is 0 Å². The van der Waals surface area contributed by atoms with E-state index in [9.17, 15) is 9.90 Å². The van der Waals surface area contributed by atoms with Gasteiger partial charge in [0.25, 0.3) is 0 Å². The Morgan fingerprint density at radius 3 is 2.77 bits per heavy atom. The zero-order valence-corrected chi connectivity index (χ0v) is 7.08. The summed E-state index contributed by atoms with van der Waals surface area (Å²) in [6.07, 6.45) is 2.68. The Balaban J connectivity index is 2.65. The van der Waals surface area contributed by atoms with E-state index in [0.29, 0.717) is 0 Å². The molecule has 0 spiro atoms. The molecule has 1 aliphatic rings. The normalized spacial score (nSPS) is 14.2. The molecule has 0 saturated carbocycles. The van der Waals surface area contributed by atoms with Crippen LogP contribution in [0.15, 0.2) is 12.1 Å². The third-order valence-corrected chi connectivity index (χ3v) is 2.47. The van der Waals surface area contributed by atoms with E-state index in [-0.39, 0.29) is 11.3 Å². The zero-order valence-electron chi connectivity index (χ0n) is 7.08. The van der Waals surface area contributed by atoms with E-state index in [1.54, 1.807) is 0 Å². The highest BCUT2D eigenvalue weighted by molar-refractivity contribution is 5.93. The Bertz CT molecular complexity index is 369. The fourth-order valence-electron chi connectivity index (χ4n) is 1.89. The quantitative estimate of drug-likeness (QED) is 0.686. The van der Waals surface area contributed by atoms with Gasteiger partial charge in [0.1, 0.15) is 11.3 Å². The highest BCUT2D eigenvalue weighted by Gasteiger charge is 2.21. The molecule has 0 atom stereocenters. The second kappa shape index (κ2) is 2.76. The van der Waals surface area contributed by atoms with Crippen molar-refractivity contribution in [2.24, 2.45) is 0 Å². The number of carboxylic acid groups (broad SMARTS) is 1. The van der Waals surface area contributed by atoms with Crippen molar-refractivity contribution in [2.75, 3.05) is 0 Å². The van der Waals surface area contributed by atoms with Gasteiger partial charge in [-0.05, 0) is 36.5 Å². The third-order valence-electron chi connectivity index (χ3n) is 2.47. The second-order valence-electron chi connectivity index (χ2n) is 3.26. The first-order valence-electron chi connectivity index (χ1n) is 4.27. The van der Waals surface area contributed by atoms with Crippen LogP contribution in [0.4, 0.5) is 0 Å². The Labute approximate surface area is 75.6 Å². The number of aromatic carboxylic acids is 1. The zero-order chi connectivity index (χ0) is 9.42. The molecule has 0 fully saturated rings. The van der Waals surface area contributed by atoms with Gasteiger partial charge < -0.3 is 10.2 Å². The SMILES string of the molecule is O=C(O)c1c(O)ccc2c1CCC2. The van der Waals surface area contributed by atoms with Crippen molar-refractivity contribution in [3.63, 3.8) is 0 Å². The predicted molar refractivity (Wildman–Crippen MR) is 47.1 cm³/mol. The molecule has 0 unspecified atom stereocenters. The lowest BCUT2D eigenvalue weighted by molar-refractivity contribution is 0.0692. The van der Waals surface area contributed by atoms with Crippen molar-refractivity contribution in [3.8, 4) is 5.75 Å². The van der Waals surface area contributed by atoms with E-state index in [1.807, 2.05) is 6.07 Å². The third kappa shape index (κ3) is 1.16. The average molecular weight is 178 g/mol. The minimum Gasteiger partial charge on any atom is -0.507 e. The lowest BCUT2D eigenvalue weighted by Crippen LogP contribution is -2.02. The van der Waals surface area contributed by atoms with E-state index in [0.717, 1.165) is 30.4 Å². The Morgan fingerprint density at radius 1 is 1.31 bits per heavy atom. The van der Waals surface area contributed by atoms with Crippen molar-refractivity contribution in [3.05, 3.63) is 28.8 Å². The van der Waals surface area contributed by atoms with Gasteiger partial charge in [0.2, 0.25) is 0 Å². The highest BCUT2D eigenvalue weighted by Crippen LogP contribution is 2.30. The first-order valence-corrected chi connectivity index (χ1v) is 4.27. The summed E-state index contributed by atoms with van der Waals surface area (Å²) in [5, 5.41) is 18.2. The second-order valence-corrected chi connectivity index (χ2v) is 3.26. The molecule has 1 aromatic carbocycles. The fourth-order valence-corrected chi connectivity index (χ4v) is 1.89. The van der Waals surface area contributed by atoms with Crippen molar-refractivity contribution >= 4 is 5.97 Å². The number of fused-ring (bicyclic) bond motifs is 1. The molecule has 2 rings (SSSR count). The van der Waals surface area contributed by atoms with Crippen LogP contribution in [0.5, 0.6) is 5.75 Å². The van der Waals surface area contributed by atoms with Crippen LogP contribution in [0, 0.1) is 0 Å². The number of benzene rings is 1. The molecule has 0 bridgehead atoms. The molecule has 1 aliphatic carbocycles. The predicted octanol–water partition coefficient (Wildman–Crippen LogP) is 1.58. The molecule has 0 heterocycles. The van der Waals surface area contributed by atoms with E-state index in [2.05, 4.69) is 0 Å². The van der Waals surface area contributed by atoms with Crippen LogP contribution < -0.4 is 0 Å². The molecule has 0 aromatic heterocycles. The summed E-state index contributed by atoms with van der Waals surface area (Å²) in [6.45, 7) is 0. The molecular formula is C10H10O3. The molecule has 68 valence electrons. The van der Waals surface area contributed by atoms with Crippen LogP contribution >= 0.6 is 0 Å². The number of phenols is 1. The van der Waals surface area contributed by atoms with Crippen LogP contribution in [0.2, 0.25) is 0 Å². The smallest absolute Gasteiger partial charge is 0.339 e. The topological polar surface area (TPSA) is 57.5 Å². The van der Waals surface area contributed by atoms with Gasteiger partial charge in [-0.25, -0.2) is 4.79 Å². The maximum absolute atomic E-state index is 10.8. The van der Waals surface area contributed by atoms with Gasteiger partial charge in [-0.15, -0.1) is 0 Å². The summed E-state index contributed by atoms with van der Waals surface area (Å²) in [6, 6.07) is 3.28. The molecular weight excluding hydrogens is 168 g/mol. The van der Waals surface area contributed by atoms with Crippen molar-refractivity contribution in [2.45, 2.75) is 19.3 Å². The summed E-state index contributed by atoms with van der Waals surface area (Å²) in [4.78, 5) is 10.8. The minimum atomic E-state index is -1.03. The van der Waals surface area contributed by atoms with Gasteiger partial charge >= 0.3 is 5.97 Å². The number of carbonyl (C=O) groups is 1. The maximum Gasteiger partial charge on any atom is 0.339 e. The number of carboxylic acids is 1. The molecule has 0 amide bonds. The number of aromatic hydroxyl groups is 1. The lowest BCUT2D eigenvalue weighted by atomic mass is 10.0. The van der Waals surface area contributed by atoms with E-state index < -0.39 is 5.97 Å². The molecule has 0 radical (unpaired) electrons. The first-order chi connectivity index (χ1) is 6.20. The number of aryl methyl sites for hydroxylation is 1. The Kier molecular flexibility index (Phi) is 1.72. The van der Waals surface area contributed by atoms with E-state index >= 15 is 0 Å². The van der Waals surface area contributed by atoms with Gasteiger partial charge in [0.15, 0.2) is 0 Å². The molecule has 3 nitrogen and oxygen atoms in total. The van der Waals surface area contributed by atoms with Gasteiger partial charge in [0, 0.05) is 0 Å². The summed E-state index contributed by atoms with van der Waals surface area (Å²) < 4.78 is 0. The van der Waals surface area contributed by atoms with E-state index in [1.165, 1.54) is 6.07 Å². The summed E-state index contributed by atoms with van der Waals surface area (Å²) in [5.74, 6) is -1.15. The van der Waals surface area contributed by atoms with Crippen LogP contribution in [-0.4, -0.2) is 16.2 Å². The molecule has 0 aliphatic heterocycles. The summed E-state index contributed by atoms with van der Waals surface area (Å²) >= 11 is 0. The van der Waals surface area contributed by atoms with Crippen molar-refractivity contribution in [1.29, 1.82) is 0 Å². The monoisotopic (exact) mass is 178 g/mol. The molecule has 0 saturated heterocycles. The minimum absolute atomic E-state index is 0.0926. The number of hydrogen-bond donors (Lipinski definition) is 2. The number of rotatable bonds is 1. The summed E-state index contributed by atoms with van der Waals surface area (Å²) in [7, 11) is 0. The number of hydrogen-bond acceptors (Lipinski definition) is 2. The van der Waals surface area contributed by atoms with Crippen LogP contribution in [0.3, 0.4) is 0 Å². The highest BCUT2D eigenvalue weighted by atomic mass is 16.4. The first kappa shape index (κ1) is 8.10. The molecule has 3 heteroatoms.